The first-order valence-electron chi connectivity index (χ1n) is 10.2. The number of carbonyl (C=O) groups is 1. The average molecular weight is 335 g/mol. The monoisotopic (exact) mass is 334 g/mol. The number of fused-ring (bicyclic) bond motifs is 5. The van der Waals surface area contributed by atoms with Crippen LogP contribution in [0.2, 0.25) is 0 Å². The number of hydrogen-bond donors (Lipinski definition) is 2. The normalized spacial score (nSPS) is 57.2. The maximum atomic E-state index is 12.6. The van der Waals surface area contributed by atoms with Crippen LogP contribution in [0.1, 0.15) is 72.1 Å². The van der Waals surface area contributed by atoms with Crippen LogP contribution in [0.5, 0.6) is 0 Å². The van der Waals surface area contributed by atoms with Gasteiger partial charge in [-0.2, -0.15) is 0 Å². The molecule has 4 saturated carbocycles. The fourth-order valence-corrected chi connectivity index (χ4v) is 7.90. The smallest absolute Gasteiger partial charge is 0.136 e. The molecule has 0 spiro atoms. The Kier molecular flexibility index (Phi) is 3.93. The van der Waals surface area contributed by atoms with Crippen molar-refractivity contribution >= 4 is 5.78 Å². The zero-order valence-corrected chi connectivity index (χ0v) is 15.5. The molecular formula is C21H34O3. The van der Waals surface area contributed by atoms with Crippen LogP contribution in [0.15, 0.2) is 0 Å². The average Bonchev–Trinajstić information content (AvgIpc) is 2.81. The van der Waals surface area contributed by atoms with Gasteiger partial charge in [0.2, 0.25) is 0 Å². The van der Waals surface area contributed by atoms with Gasteiger partial charge in [0, 0.05) is 12.3 Å². The Labute approximate surface area is 146 Å². The summed E-state index contributed by atoms with van der Waals surface area (Å²) in [4.78, 5) is 12.6. The molecule has 9 atom stereocenters. The van der Waals surface area contributed by atoms with Crippen molar-refractivity contribution in [2.24, 2.45) is 40.4 Å². The Morgan fingerprint density at radius 3 is 2.38 bits per heavy atom. The van der Waals surface area contributed by atoms with E-state index in [1.807, 2.05) is 0 Å². The van der Waals surface area contributed by atoms with Gasteiger partial charge in [-0.25, -0.2) is 0 Å². The molecule has 4 aliphatic rings. The third-order valence-corrected chi connectivity index (χ3v) is 9.18. The van der Waals surface area contributed by atoms with Crippen LogP contribution in [0, 0.1) is 40.4 Å². The topological polar surface area (TPSA) is 57.5 Å². The van der Waals surface area contributed by atoms with Crippen molar-refractivity contribution in [2.75, 3.05) is 0 Å². The van der Waals surface area contributed by atoms with E-state index < -0.39 is 12.2 Å². The van der Waals surface area contributed by atoms with Crippen molar-refractivity contribution in [2.45, 2.75) is 84.3 Å². The van der Waals surface area contributed by atoms with Gasteiger partial charge in [0.15, 0.2) is 0 Å². The lowest BCUT2D eigenvalue weighted by atomic mass is 9.44. The fraction of sp³-hybridized carbons (Fsp3) is 0.952. The molecule has 2 N–H and O–H groups in total. The molecule has 4 fully saturated rings. The summed E-state index contributed by atoms with van der Waals surface area (Å²) in [7, 11) is 0. The minimum atomic E-state index is -0.549. The summed E-state index contributed by atoms with van der Waals surface area (Å²) >= 11 is 0. The summed E-state index contributed by atoms with van der Waals surface area (Å²) in [6.07, 6.45) is 7.00. The summed E-state index contributed by atoms with van der Waals surface area (Å²) in [5.74, 6) is 2.85. The van der Waals surface area contributed by atoms with Gasteiger partial charge in [-0.15, -0.1) is 0 Å². The fourth-order valence-electron chi connectivity index (χ4n) is 7.90. The molecule has 4 rings (SSSR count). The third-order valence-electron chi connectivity index (χ3n) is 9.18. The number of carbonyl (C=O) groups excluding carboxylic acids is 1. The lowest BCUT2D eigenvalue weighted by Gasteiger charge is -2.61. The second-order valence-corrected chi connectivity index (χ2v) is 9.84. The molecule has 3 heteroatoms. The Morgan fingerprint density at radius 1 is 0.958 bits per heavy atom. The Balaban J connectivity index is 1.65. The Bertz CT molecular complexity index is 531. The van der Waals surface area contributed by atoms with E-state index in [0.29, 0.717) is 23.5 Å². The quantitative estimate of drug-likeness (QED) is 0.771. The molecule has 1 unspecified atom stereocenters. The Morgan fingerprint density at radius 2 is 1.67 bits per heavy atom. The van der Waals surface area contributed by atoms with Crippen molar-refractivity contribution in [1.29, 1.82) is 0 Å². The molecule has 24 heavy (non-hydrogen) atoms. The third kappa shape index (κ3) is 2.06. The van der Waals surface area contributed by atoms with E-state index in [0.717, 1.165) is 38.5 Å². The zero-order valence-electron chi connectivity index (χ0n) is 15.5. The van der Waals surface area contributed by atoms with E-state index in [9.17, 15) is 15.0 Å². The summed E-state index contributed by atoms with van der Waals surface area (Å²) < 4.78 is 0. The Hall–Kier alpha value is -0.410. The number of rotatable bonds is 1. The molecule has 0 aromatic carbocycles. The molecule has 0 aromatic rings. The predicted molar refractivity (Wildman–Crippen MR) is 93.3 cm³/mol. The molecule has 0 saturated heterocycles. The second-order valence-electron chi connectivity index (χ2n) is 9.84. The van der Waals surface area contributed by atoms with Crippen LogP contribution < -0.4 is 0 Å². The highest BCUT2D eigenvalue weighted by Crippen LogP contribution is 2.67. The number of aliphatic hydroxyl groups is 2. The highest BCUT2D eigenvalue weighted by atomic mass is 16.3. The number of hydrogen-bond acceptors (Lipinski definition) is 3. The van der Waals surface area contributed by atoms with Gasteiger partial charge >= 0.3 is 0 Å². The molecule has 0 bridgehead atoms. The summed E-state index contributed by atoms with van der Waals surface area (Å²) in [6, 6.07) is 0. The van der Waals surface area contributed by atoms with Gasteiger partial charge in [-0.05, 0) is 79.4 Å². The van der Waals surface area contributed by atoms with Gasteiger partial charge in [0.25, 0.3) is 0 Å². The first-order chi connectivity index (χ1) is 11.3. The number of ketones is 1. The molecule has 4 aliphatic carbocycles. The molecule has 0 aromatic heterocycles. The van der Waals surface area contributed by atoms with E-state index in [4.69, 9.17) is 0 Å². The van der Waals surface area contributed by atoms with E-state index in [2.05, 4.69) is 20.8 Å². The molecular weight excluding hydrogens is 300 g/mol. The maximum absolute atomic E-state index is 12.6. The number of aliphatic hydroxyl groups excluding tert-OH is 2. The van der Waals surface area contributed by atoms with Crippen LogP contribution in [-0.2, 0) is 4.79 Å². The van der Waals surface area contributed by atoms with Crippen LogP contribution in [0.3, 0.4) is 0 Å². The van der Waals surface area contributed by atoms with E-state index in [1.54, 1.807) is 0 Å². The van der Waals surface area contributed by atoms with Crippen LogP contribution in [-0.4, -0.2) is 28.2 Å². The van der Waals surface area contributed by atoms with E-state index >= 15 is 0 Å². The molecule has 3 nitrogen and oxygen atoms in total. The van der Waals surface area contributed by atoms with Gasteiger partial charge < -0.3 is 10.2 Å². The minimum absolute atomic E-state index is 0.149. The highest BCUT2D eigenvalue weighted by Gasteiger charge is 2.62. The minimum Gasteiger partial charge on any atom is -0.390 e. The molecule has 0 radical (unpaired) electrons. The van der Waals surface area contributed by atoms with Crippen molar-refractivity contribution < 1.29 is 15.0 Å². The van der Waals surface area contributed by atoms with Crippen molar-refractivity contribution in [3.8, 4) is 0 Å². The molecule has 0 aliphatic heterocycles. The van der Waals surface area contributed by atoms with Crippen molar-refractivity contribution in [3.63, 3.8) is 0 Å². The van der Waals surface area contributed by atoms with Crippen LogP contribution >= 0.6 is 0 Å². The lowest BCUT2D eigenvalue weighted by molar-refractivity contribution is -0.173. The van der Waals surface area contributed by atoms with E-state index in [-0.39, 0.29) is 22.7 Å². The van der Waals surface area contributed by atoms with Crippen molar-refractivity contribution in [3.05, 3.63) is 0 Å². The summed E-state index contributed by atoms with van der Waals surface area (Å²) in [5.41, 5.74) is 0.360. The van der Waals surface area contributed by atoms with Crippen molar-refractivity contribution in [1.82, 2.24) is 0 Å². The highest BCUT2D eigenvalue weighted by molar-refractivity contribution is 5.84. The molecule has 136 valence electrons. The van der Waals surface area contributed by atoms with Gasteiger partial charge in [-0.1, -0.05) is 20.8 Å². The second kappa shape index (κ2) is 5.54. The first kappa shape index (κ1) is 17.0. The SMILES string of the molecule is CC[C@H]1C(=O)C[C@H]2[C@@H]3CCC4[C@H](O)[C@@H](O)CC[C@]4(C)[C@H]3CC[C@]12C. The van der Waals surface area contributed by atoms with Crippen LogP contribution in [0.25, 0.3) is 0 Å². The lowest BCUT2D eigenvalue weighted by Crippen LogP contribution is -2.58. The summed E-state index contributed by atoms with van der Waals surface area (Å²) in [6.45, 7) is 6.94. The maximum Gasteiger partial charge on any atom is 0.136 e. The van der Waals surface area contributed by atoms with Crippen LogP contribution in [0.4, 0.5) is 0 Å². The standard InChI is InChI=1S/C21H34O3/c1-4-13-18(23)11-16-12-5-6-15-19(24)17(22)8-10-21(15,3)14(12)7-9-20(13,16)2/h12-17,19,22,24H,4-11H2,1-3H3/t12-,13+,14+,15?,16+,17+,19+,20-,21-/m1/s1. The van der Waals surface area contributed by atoms with Gasteiger partial charge in [0.1, 0.15) is 5.78 Å². The predicted octanol–water partition coefficient (Wildman–Crippen LogP) is 3.57. The molecule has 0 amide bonds. The largest absolute Gasteiger partial charge is 0.390 e. The first-order valence-corrected chi connectivity index (χ1v) is 10.2. The molecule has 0 heterocycles. The number of Topliss-reactive ketones (excluding diaryl/α,β-unsaturated/α-hetero) is 1. The van der Waals surface area contributed by atoms with Gasteiger partial charge in [0.05, 0.1) is 12.2 Å². The van der Waals surface area contributed by atoms with Gasteiger partial charge in [-0.3, -0.25) is 4.79 Å². The summed E-state index contributed by atoms with van der Waals surface area (Å²) in [5, 5.41) is 20.7. The zero-order chi connectivity index (χ0) is 17.3. The van der Waals surface area contributed by atoms with E-state index in [1.165, 1.54) is 12.8 Å².